The van der Waals surface area contributed by atoms with Crippen LogP contribution in [0.5, 0.6) is 0 Å². The van der Waals surface area contributed by atoms with Crippen molar-refractivity contribution < 1.29 is 4.74 Å². The first-order chi connectivity index (χ1) is 6.49. The molecule has 0 aliphatic heterocycles. The number of nitrogens with one attached hydrogen (secondary N) is 2. The van der Waals surface area contributed by atoms with Gasteiger partial charge in [-0.2, -0.15) is 0 Å². The van der Waals surface area contributed by atoms with E-state index in [2.05, 4.69) is 38.3 Å². The fraction of sp³-hybridized carbons (Fsp3) is 1.00. The number of hydrogen-bond acceptors (Lipinski definition) is 3. The molecule has 0 rings (SSSR count). The molecule has 0 heterocycles. The molecule has 0 aromatic carbocycles. The van der Waals surface area contributed by atoms with E-state index in [4.69, 9.17) is 4.74 Å². The Morgan fingerprint density at radius 1 is 1.21 bits per heavy atom. The maximum Gasteiger partial charge on any atom is 0.0615 e. The summed E-state index contributed by atoms with van der Waals surface area (Å²) in [6.45, 7) is 11.5. The summed E-state index contributed by atoms with van der Waals surface area (Å²) in [5.74, 6) is 0. The topological polar surface area (TPSA) is 33.3 Å². The highest BCUT2D eigenvalue weighted by Gasteiger charge is 2.08. The molecule has 0 aliphatic carbocycles. The summed E-state index contributed by atoms with van der Waals surface area (Å²) < 4.78 is 5.11. The molecular formula is C11H26N2O. The summed E-state index contributed by atoms with van der Waals surface area (Å²) in [5, 5.41) is 6.90. The Kier molecular flexibility index (Phi) is 7.15. The number of hydrogen-bond donors (Lipinski definition) is 2. The van der Waals surface area contributed by atoms with Gasteiger partial charge in [-0.25, -0.2) is 0 Å². The highest BCUT2D eigenvalue weighted by Crippen LogP contribution is 1.96. The van der Waals surface area contributed by atoms with Crippen molar-refractivity contribution in [3.63, 3.8) is 0 Å². The summed E-state index contributed by atoms with van der Waals surface area (Å²) in [6.07, 6.45) is 1.11. The average Bonchev–Trinajstić information content (AvgIpc) is 2.08. The summed E-state index contributed by atoms with van der Waals surface area (Å²) in [6, 6.07) is 0.488. The normalized spacial score (nSPS) is 14.4. The van der Waals surface area contributed by atoms with Gasteiger partial charge in [0.05, 0.1) is 6.61 Å². The highest BCUT2D eigenvalue weighted by atomic mass is 16.5. The van der Waals surface area contributed by atoms with Crippen LogP contribution in [-0.2, 0) is 4.74 Å². The maximum absolute atomic E-state index is 5.11. The van der Waals surface area contributed by atoms with E-state index in [9.17, 15) is 0 Å². The van der Waals surface area contributed by atoms with E-state index in [1.54, 1.807) is 7.11 Å². The van der Waals surface area contributed by atoms with Crippen molar-refractivity contribution in [2.24, 2.45) is 0 Å². The van der Waals surface area contributed by atoms with Gasteiger partial charge in [0.2, 0.25) is 0 Å². The van der Waals surface area contributed by atoms with Gasteiger partial charge in [-0.05, 0) is 27.2 Å². The van der Waals surface area contributed by atoms with Crippen LogP contribution in [0.4, 0.5) is 0 Å². The Balaban J connectivity index is 3.42. The molecule has 0 aromatic rings. The molecular weight excluding hydrogens is 176 g/mol. The molecule has 1 unspecified atom stereocenters. The van der Waals surface area contributed by atoms with Gasteiger partial charge in [-0.15, -0.1) is 0 Å². The van der Waals surface area contributed by atoms with Crippen LogP contribution >= 0.6 is 0 Å². The van der Waals surface area contributed by atoms with E-state index in [-0.39, 0.29) is 5.54 Å². The Labute approximate surface area is 88.6 Å². The molecule has 0 saturated carbocycles. The van der Waals surface area contributed by atoms with Gasteiger partial charge in [-0.3, -0.25) is 0 Å². The molecule has 2 N–H and O–H groups in total. The minimum absolute atomic E-state index is 0.213. The van der Waals surface area contributed by atoms with Crippen LogP contribution in [0.2, 0.25) is 0 Å². The Hall–Kier alpha value is -0.120. The molecule has 86 valence electrons. The van der Waals surface area contributed by atoms with Crippen LogP contribution in [0, 0.1) is 0 Å². The van der Waals surface area contributed by atoms with E-state index in [1.165, 1.54) is 0 Å². The zero-order valence-electron chi connectivity index (χ0n) is 10.3. The second kappa shape index (κ2) is 7.21. The smallest absolute Gasteiger partial charge is 0.0615 e. The van der Waals surface area contributed by atoms with Crippen molar-refractivity contribution in [3.8, 4) is 0 Å². The quantitative estimate of drug-likeness (QED) is 0.612. The van der Waals surface area contributed by atoms with Crippen molar-refractivity contribution in [1.82, 2.24) is 10.6 Å². The molecule has 0 aromatic heterocycles. The SMILES string of the molecule is CCC(COC)NCCNC(C)(C)C. The van der Waals surface area contributed by atoms with Gasteiger partial charge in [0.1, 0.15) is 0 Å². The number of methoxy groups -OCH3 is 1. The second-order valence-corrected chi connectivity index (χ2v) is 4.69. The lowest BCUT2D eigenvalue weighted by molar-refractivity contribution is 0.164. The van der Waals surface area contributed by atoms with Crippen LogP contribution < -0.4 is 10.6 Å². The molecule has 3 heteroatoms. The van der Waals surface area contributed by atoms with Gasteiger partial charge in [-0.1, -0.05) is 6.92 Å². The van der Waals surface area contributed by atoms with Crippen molar-refractivity contribution in [2.75, 3.05) is 26.8 Å². The molecule has 14 heavy (non-hydrogen) atoms. The third kappa shape index (κ3) is 8.48. The van der Waals surface area contributed by atoms with Crippen molar-refractivity contribution in [2.45, 2.75) is 45.7 Å². The van der Waals surface area contributed by atoms with Crippen LogP contribution in [-0.4, -0.2) is 38.4 Å². The molecule has 0 fully saturated rings. The van der Waals surface area contributed by atoms with E-state index in [0.717, 1.165) is 26.1 Å². The van der Waals surface area contributed by atoms with E-state index < -0.39 is 0 Å². The molecule has 1 atom stereocenters. The first kappa shape index (κ1) is 13.9. The van der Waals surface area contributed by atoms with Gasteiger partial charge in [0, 0.05) is 31.8 Å². The lowest BCUT2D eigenvalue weighted by atomic mass is 10.1. The highest BCUT2D eigenvalue weighted by molar-refractivity contribution is 4.71. The van der Waals surface area contributed by atoms with E-state index >= 15 is 0 Å². The van der Waals surface area contributed by atoms with Crippen molar-refractivity contribution in [1.29, 1.82) is 0 Å². The summed E-state index contributed by atoms with van der Waals surface area (Å²) >= 11 is 0. The largest absolute Gasteiger partial charge is 0.383 e. The van der Waals surface area contributed by atoms with Crippen molar-refractivity contribution in [3.05, 3.63) is 0 Å². The number of ether oxygens (including phenoxy) is 1. The first-order valence-corrected chi connectivity index (χ1v) is 5.47. The average molecular weight is 202 g/mol. The lowest BCUT2D eigenvalue weighted by Gasteiger charge is -2.22. The zero-order valence-corrected chi connectivity index (χ0v) is 10.3. The standard InChI is InChI=1S/C11H26N2O/c1-6-10(9-14-5)12-7-8-13-11(2,3)4/h10,12-13H,6-9H2,1-5H3. The van der Waals surface area contributed by atoms with Crippen LogP contribution in [0.15, 0.2) is 0 Å². The molecule has 0 radical (unpaired) electrons. The fourth-order valence-electron chi connectivity index (χ4n) is 1.24. The zero-order chi connectivity index (χ0) is 11.0. The summed E-state index contributed by atoms with van der Waals surface area (Å²) in [4.78, 5) is 0. The van der Waals surface area contributed by atoms with E-state index in [1.807, 2.05) is 0 Å². The van der Waals surface area contributed by atoms with Crippen molar-refractivity contribution >= 4 is 0 Å². The van der Waals surface area contributed by atoms with Crippen LogP contribution in [0.1, 0.15) is 34.1 Å². The van der Waals surface area contributed by atoms with Gasteiger partial charge >= 0.3 is 0 Å². The van der Waals surface area contributed by atoms with Gasteiger partial charge in [0.25, 0.3) is 0 Å². The van der Waals surface area contributed by atoms with Crippen LogP contribution in [0.25, 0.3) is 0 Å². The fourth-order valence-corrected chi connectivity index (χ4v) is 1.24. The number of rotatable bonds is 7. The minimum Gasteiger partial charge on any atom is -0.383 e. The molecule has 0 aliphatic rings. The predicted octanol–water partition coefficient (Wildman–Crippen LogP) is 1.39. The van der Waals surface area contributed by atoms with E-state index in [0.29, 0.717) is 6.04 Å². The molecule has 0 amide bonds. The first-order valence-electron chi connectivity index (χ1n) is 5.47. The predicted molar refractivity (Wildman–Crippen MR) is 61.7 cm³/mol. The molecule has 0 saturated heterocycles. The lowest BCUT2D eigenvalue weighted by Crippen LogP contribution is -2.43. The molecule has 0 spiro atoms. The second-order valence-electron chi connectivity index (χ2n) is 4.69. The minimum atomic E-state index is 0.213. The third-order valence-corrected chi connectivity index (χ3v) is 2.07. The monoisotopic (exact) mass is 202 g/mol. The van der Waals surface area contributed by atoms with Gasteiger partial charge in [0.15, 0.2) is 0 Å². The Morgan fingerprint density at radius 2 is 1.86 bits per heavy atom. The maximum atomic E-state index is 5.11. The molecule has 0 bridgehead atoms. The summed E-state index contributed by atoms with van der Waals surface area (Å²) in [7, 11) is 1.75. The van der Waals surface area contributed by atoms with Crippen LogP contribution in [0.3, 0.4) is 0 Å². The van der Waals surface area contributed by atoms with Gasteiger partial charge < -0.3 is 15.4 Å². The Morgan fingerprint density at radius 3 is 2.29 bits per heavy atom. The molecule has 3 nitrogen and oxygen atoms in total. The summed E-state index contributed by atoms with van der Waals surface area (Å²) in [5.41, 5.74) is 0.213. The Bertz CT molecular complexity index is 132. The third-order valence-electron chi connectivity index (χ3n) is 2.07.